The van der Waals surface area contributed by atoms with Crippen LogP contribution in [0.2, 0.25) is 0 Å². The molecule has 1 fully saturated rings. The summed E-state index contributed by atoms with van der Waals surface area (Å²) < 4.78 is 0. The molecule has 1 aromatic rings. The molecule has 20 heavy (non-hydrogen) atoms. The highest BCUT2D eigenvalue weighted by molar-refractivity contribution is 8.00. The van der Waals surface area contributed by atoms with Gasteiger partial charge in [-0.2, -0.15) is 0 Å². The molecule has 5 heteroatoms. The molecule has 2 aliphatic heterocycles. The Kier molecular flexibility index (Phi) is 3.70. The molecule has 0 aromatic heterocycles. The fourth-order valence-corrected chi connectivity index (χ4v) is 4.14. The fraction of sp³-hybridized carbons (Fsp3) is 0.467. The predicted molar refractivity (Wildman–Crippen MR) is 78.6 cm³/mol. The molecule has 0 spiro atoms. The smallest absolute Gasteiger partial charge is 0.245 e. The first-order valence-corrected chi connectivity index (χ1v) is 7.88. The van der Waals surface area contributed by atoms with Crippen LogP contribution in [0.5, 0.6) is 0 Å². The average Bonchev–Trinajstić information content (AvgIpc) is 2.84. The number of rotatable bonds is 3. The largest absolute Gasteiger partial charge is 0.343 e. The van der Waals surface area contributed by atoms with Crippen LogP contribution < -0.4 is 5.32 Å². The van der Waals surface area contributed by atoms with Crippen molar-refractivity contribution in [1.82, 2.24) is 10.2 Å². The Hall–Kier alpha value is -1.49. The molecule has 3 rings (SSSR count). The molecule has 1 aromatic carbocycles. The van der Waals surface area contributed by atoms with Gasteiger partial charge in [0.2, 0.25) is 11.8 Å². The number of nitrogens with one attached hydrogen (secondary N) is 1. The van der Waals surface area contributed by atoms with Gasteiger partial charge in [-0.1, -0.05) is 25.1 Å². The number of hydrogen-bond donors (Lipinski definition) is 1. The van der Waals surface area contributed by atoms with Crippen LogP contribution in [0.3, 0.4) is 0 Å². The predicted octanol–water partition coefficient (Wildman–Crippen LogP) is 1.44. The zero-order valence-corrected chi connectivity index (χ0v) is 12.3. The Bertz CT molecular complexity index is 521. The van der Waals surface area contributed by atoms with E-state index in [4.69, 9.17) is 0 Å². The molecular formula is C15H18N2O2S. The van der Waals surface area contributed by atoms with Gasteiger partial charge in [0, 0.05) is 16.7 Å². The van der Waals surface area contributed by atoms with Crippen molar-refractivity contribution in [3.8, 4) is 0 Å². The van der Waals surface area contributed by atoms with Crippen molar-refractivity contribution in [3.05, 3.63) is 29.8 Å². The van der Waals surface area contributed by atoms with Gasteiger partial charge >= 0.3 is 0 Å². The normalized spacial score (nSPS) is 25.6. The Labute approximate surface area is 122 Å². The van der Waals surface area contributed by atoms with E-state index in [0.717, 1.165) is 6.42 Å². The van der Waals surface area contributed by atoms with E-state index in [1.807, 2.05) is 30.8 Å². The lowest BCUT2D eigenvalue weighted by Gasteiger charge is -2.33. The van der Waals surface area contributed by atoms with E-state index in [2.05, 4.69) is 17.4 Å². The third kappa shape index (κ3) is 2.54. The topological polar surface area (TPSA) is 49.4 Å². The molecule has 1 saturated heterocycles. The van der Waals surface area contributed by atoms with Gasteiger partial charge in [0.05, 0.1) is 6.54 Å². The summed E-state index contributed by atoms with van der Waals surface area (Å²) in [5.74, 6) is 0.0145. The molecule has 2 atom stereocenters. The van der Waals surface area contributed by atoms with Crippen LogP contribution in [0.25, 0.3) is 0 Å². The van der Waals surface area contributed by atoms with Gasteiger partial charge in [-0.25, -0.2) is 0 Å². The van der Waals surface area contributed by atoms with E-state index in [-0.39, 0.29) is 24.4 Å². The molecule has 2 aliphatic rings. The summed E-state index contributed by atoms with van der Waals surface area (Å²) >= 11 is 1.82. The van der Waals surface area contributed by atoms with Crippen molar-refractivity contribution in [1.29, 1.82) is 0 Å². The number of thioether (sulfide) groups is 1. The number of hydrogen-bond acceptors (Lipinski definition) is 3. The maximum atomic E-state index is 12.3. The van der Waals surface area contributed by atoms with E-state index in [0.29, 0.717) is 18.2 Å². The minimum atomic E-state index is -0.343. The van der Waals surface area contributed by atoms with Gasteiger partial charge in [-0.15, -0.1) is 11.8 Å². The minimum Gasteiger partial charge on any atom is -0.343 e. The van der Waals surface area contributed by atoms with Crippen LogP contribution in [0, 0.1) is 0 Å². The van der Waals surface area contributed by atoms with E-state index >= 15 is 0 Å². The Balaban J connectivity index is 1.67. The molecule has 2 heterocycles. The molecule has 2 unspecified atom stereocenters. The van der Waals surface area contributed by atoms with Crippen LogP contribution in [0.4, 0.5) is 0 Å². The zero-order valence-electron chi connectivity index (χ0n) is 11.5. The number of piperazine rings is 1. The highest BCUT2D eigenvalue weighted by Crippen LogP contribution is 2.37. The number of carbonyl (C=O) groups excluding carboxylic acids is 2. The molecule has 0 aliphatic carbocycles. The first kappa shape index (κ1) is 13.5. The molecule has 1 N–H and O–H groups in total. The lowest BCUT2D eigenvalue weighted by Crippen LogP contribution is -2.58. The first-order valence-electron chi connectivity index (χ1n) is 7.00. The standard InChI is InChI=1S/C15H18N2O2S/c1-2-12-15(19)17(9-14(18)16-12)8-11-7-10-5-3-4-6-13(10)20-11/h3-6,11-12H,2,7-9H2,1H3,(H,16,18). The fourth-order valence-electron chi connectivity index (χ4n) is 2.81. The molecule has 4 nitrogen and oxygen atoms in total. The third-order valence-electron chi connectivity index (χ3n) is 3.83. The summed E-state index contributed by atoms with van der Waals surface area (Å²) in [6.07, 6.45) is 1.63. The van der Waals surface area contributed by atoms with Gasteiger partial charge in [-0.05, 0) is 24.5 Å². The minimum absolute atomic E-state index is 0.0445. The molecule has 0 radical (unpaired) electrons. The van der Waals surface area contributed by atoms with E-state index < -0.39 is 0 Å². The lowest BCUT2D eigenvalue weighted by atomic mass is 10.1. The highest BCUT2D eigenvalue weighted by atomic mass is 32.2. The quantitative estimate of drug-likeness (QED) is 0.916. The Morgan fingerprint density at radius 2 is 2.15 bits per heavy atom. The molecule has 106 valence electrons. The molecular weight excluding hydrogens is 272 g/mol. The maximum absolute atomic E-state index is 12.3. The monoisotopic (exact) mass is 290 g/mol. The van der Waals surface area contributed by atoms with Gasteiger partial charge in [0.1, 0.15) is 6.04 Å². The molecule has 2 amide bonds. The number of benzene rings is 1. The van der Waals surface area contributed by atoms with Gasteiger partial charge in [-0.3, -0.25) is 9.59 Å². The van der Waals surface area contributed by atoms with E-state index in [1.165, 1.54) is 10.5 Å². The SMILES string of the molecule is CCC1NC(=O)CN(CC2Cc3ccccc3S2)C1=O. The van der Waals surface area contributed by atoms with Crippen molar-refractivity contribution in [3.63, 3.8) is 0 Å². The van der Waals surface area contributed by atoms with Crippen LogP contribution in [0.15, 0.2) is 29.2 Å². The van der Waals surface area contributed by atoms with Crippen LogP contribution in [-0.2, 0) is 16.0 Å². The van der Waals surface area contributed by atoms with Crippen molar-refractivity contribution >= 4 is 23.6 Å². The van der Waals surface area contributed by atoms with Crippen LogP contribution in [-0.4, -0.2) is 41.1 Å². The van der Waals surface area contributed by atoms with Crippen molar-refractivity contribution in [2.45, 2.75) is 36.0 Å². The summed E-state index contributed by atoms with van der Waals surface area (Å²) in [6, 6.07) is 8.02. The lowest BCUT2D eigenvalue weighted by molar-refractivity contribution is -0.144. The summed E-state index contributed by atoms with van der Waals surface area (Å²) in [6.45, 7) is 2.78. The summed E-state index contributed by atoms with van der Waals surface area (Å²) in [4.78, 5) is 27.0. The highest BCUT2D eigenvalue weighted by Gasteiger charge is 2.34. The summed E-state index contributed by atoms with van der Waals surface area (Å²) in [5, 5.41) is 3.11. The van der Waals surface area contributed by atoms with E-state index in [1.54, 1.807) is 4.90 Å². The second-order valence-corrected chi connectivity index (χ2v) is 6.64. The zero-order chi connectivity index (χ0) is 14.1. The summed E-state index contributed by atoms with van der Waals surface area (Å²) in [5.41, 5.74) is 1.35. The maximum Gasteiger partial charge on any atom is 0.245 e. The van der Waals surface area contributed by atoms with Crippen molar-refractivity contribution in [2.24, 2.45) is 0 Å². The number of carbonyl (C=O) groups is 2. The number of amides is 2. The van der Waals surface area contributed by atoms with Crippen LogP contribution >= 0.6 is 11.8 Å². The van der Waals surface area contributed by atoms with E-state index in [9.17, 15) is 9.59 Å². The van der Waals surface area contributed by atoms with Gasteiger partial charge in [0.15, 0.2) is 0 Å². The average molecular weight is 290 g/mol. The van der Waals surface area contributed by atoms with Gasteiger partial charge in [0.25, 0.3) is 0 Å². The Morgan fingerprint density at radius 1 is 1.35 bits per heavy atom. The Morgan fingerprint density at radius 3 is 2.90 bits per heavy atom. The second kappa shape index (κ2) is 5.48. The first-order chi connectivity index (χ1) is 9.67. The molecule has 0 saturated carbocycles. The van der Waals surface area contributed by atoms with Crippen molar-refractivity contribution in [2.75, 3.05) is 13.1 Å². The number of nitrogens with zero attached hydrogens (tertiary/aromatic N) is 1. The van der Waals surface area contributed by atoms with Gasteiger partial charge < -0.3 is 10.2 Å². The molecule has 0 bridgehead atoms. The number of fused-ring (bicyclic) bond motifs is 1. The van der Waals surface area contributed by atoms with Crippen LogP contribution in [0.1, 0.15) is 18.9 Å². The summed E-state index contributed by atoms with van der Waals surface area (Å²) in [7, 11) is 0. The third-order valence-corrected chi connectivity index (χ3v) is 5.13. The second-order valence-electron chi connectivity index (χ2n) is 5.30. The van der Waals surface area contributed by atoms with Crippen molar-refractivity contribution < 1.29 is 9.59 Å².